The van der Waals surface area contributed by atoms with Gasteiger partial charge in [0.1, 0.15) is 0 Å². The number of hydrogen-bond donors (Lipinski definition) is 1. The summed E-state index contributed by atoms with van der Waals surface area (Å²) in [6.07, 6.45) is 18.5. The Morgan fingerprint density at radius 2 is 2.18 bits per heavy atom. The Kier molecular flexibility index (Phi) is 3.63. The van der Waals surface area contributed by atoms with Crippen LogP contribution in [0.4, 0.5) is 0 Å². The normalized spacial score (nSPS) is 54.3. The van der Waals surface area contributed by atoms with Crippen LogP contribution in [0.5, 0.6) is 0 Å². The van der Waals surface area contributed by atoms with Gasteiger partial charge in [0.05, 0.1) is 11.3 Å². The Balaban J connectivity index is 1.40. The zero-order valence-corrected chi connectivity index (χ0v) is 16.9. The molecule has 1 aliphatic heterocycles. The highest BCUT2D eigenvalue weighted by atomic mass is 16.7. The summed E-state index contributed by atoms with van der Waals surface area (Å²) in [5, 5.41) is 12.7. The Labute approximate surface area is 167 Å². The van der Waals surface area contributed by atoms with Gasteiger partial charge in [-0.3, -0.25) is 0 Å². The predicted molar refractivity (Wildman–Crippen MR) is 107 cm³/mol. The van der Waals surface area contributed by atoms with E-state index in [1.165, 1.54) is 31.3 Å². The molecule has 0 saturated heterocycles. The third-order valence-corrected chi connectivity index (χ3v) is 9.41. The lowest BCUT2D eigenvalue weighted by Crippen LogP contribution is -2.55. The fourth-order valence-corrected chi connectivity index (χ4v) is 8.35. The summed E-state index contributed by atoms with van der Waals surface area (Å²) in [6, 6.07) is 0. The SMILES string of the molecule is CC[C@]12CCC3C(C=CC4=C/C(=N/O)CC[C@@H]43)C1[C@@H]1C[C@@H]1[C@@]21C=CC(OC)O1. The summed E-state index contributed by atoms with van der Waals surface area (Å²) in [5.74, 6) is 4.25. The van der Waals surface area contributed by atoms with Crippen LogP contribution in [0.2, 0.25) is 0 Å². The van der Waals surface area contributed by atoms with E-state index in [4.69, 9.17) is 9.47 Å². The van der Waals surface area contributed by atoms with Crippen molar-refractivity contribution in [3.63, 3.8) is 0 Å². The minimum Gasteiger partial charge on any atom is -0.411 e. The molecule has 0 radical (unpaired) electrons. The van der Waals surface area contributed by atoms with Crippen molar-refractivity contribution < 1.29 is 14.7 Å². The van der Waals surface area contributed by atoms with Crippen molar-refractivity contribution in [3.8, 4) is 0 Å². The summed E-state index contributed by atoms with van der Waals surface area (Å²) < 4.78 is 12.2. The van der Waals surface area contributed by atoms with E-state index in [0.29, 0.717) is 17.8 Å². The van der Waals surface area contributed by atoms with Crippen LogP contribution >= 0.6 is 0 Å². The topological polar surface area (TPSA) is 51.1 Å². The molecule has 0 aromatic heterocycles. The Bertz CT molecular complexity index is 813. The van der Waals surface area contributed by atoms with E-state index in [-0.39, 0.29) is 17.3 Å². The highest BCUT2D eigenvalue weighted by Gasteiger charge is 2.77. The zero-order valence-electron chi connectivity index (χ0n) is 16.9. The Morgan fingerprint density at radius 1 is 1.29 bits per heavy atom. The van der Waals surface area contributed by atoms with Crippen LogP contribution in [-0.2, 0) is 9.47 Å². The fourth-order valence-electron chi connectivity index (χ4n) is 8.35. The quantitative estimate of drug-likeness (QED) is 0.428. The van der Waals surface area contributed by atoms with Crippen LogP contribution in [0, 0.1) is 40.9 Å². The minimum absolute atomic E-state index is 0.101. The molecule has 4 unspecified atom stereocenters. The van der Waals surface area contributed by atoms with Crippen LogP contribution in [0.25, 0.3) is 0 Å². The van der Waals surface area contributed by atoms with E-state index in [2.05, 4.69) is 42.5 Å². The maximum absolute atomic E-state index is 9.19. The van der Waals surface area contributed by atoms with Gasteiger partial charge in [0.15, 0.2) is 6.29 Å². The van der Waals surface area contributed by atoms with E-state index in [0.717, 1.165) is 36.3 Å². The highest BCUT2D eigenvalue weighted by molar-refractivity contribution is 5.96. The van der Waals surface area contributed by atoms with Gasteiger partial charge in [-0.05, 0) is 91.8 Å². The monoisotopic (exact) mass is 381 g/mol. The number of allylic oxidation sites excluding steroid dienone is 4. The lowest BCUT2D eigenvalue weighted by molar-refractivity contribution is -0.206. The van der Waals surface area contributed by atoms with Gasteiger partial charge >= 0.3 is 0 Å². The van der Waals surface area contributed by atoms with Crippen molar-refractivity contribution in [2.45, 2.75) is 57.3 Å². The van der Waals surface area contributed by atoms with Gasteiger partial charge in [0, 0.05) is 12.5 Å². The van der Waals surface area contributed by atoms with E-state index in [1.807, 2.05) is 0 Å². The number of nitrogens with zero attached hydrogens (tertiary/aromatic N) is 1. The smallest absolute Gasteiger partial charge is 0.177 e. The highest BCUT2D eigenvalue weighted by Crippen LogP contribution is 2.78. The number of ether oxygens (including phenoxy) is 2. The average molecular weight is 382 g/mol. The number of hydrogen-bond acceptors (Lipinski definition) is 4. The molecule has 4 heteroatoms. The molecule has 3 saturated carbocycles. The molecule has 1 N–H and O–H groups in total. The van der Waals surface area contributed by atoms with E-state index in [9.17, 15) is 5.21 Å². The van der Waals surface area contributed by atoms with E-state index >= 15 is 0 Å². The van der Waals surface area contributed by atoms with Crippen molar-refractivity contribution >= 4 is 5.71 Å². The number of fused-ring (bicyclic) bond motifs is 9. The molecule has 0 bridgehead atoms. The third-order valence-electron chi connectivity index (χ3n) is 9.41. The van der Waals surface area contributed by atoms with Crippen molar-refractivity contribution in [3.05, 3.63) is 36.0 Å². The summed E-state index contributed by atoms with van der Waals surface area (Å²) >= 11 is 0. The predicted octanol–water partition coefficient (Wildman–Crippen LogP) is 4.71. The molecule has 6 rings (SSSR count). The molecule has 6 aliphatic rings. The third kappa shape index (κ3) is 1.96. The summed E-state index contributed by atoms with van der Waals surface area (Å²) in [6.45, 7) is 2.39. The second kappa shape index (κ2) is 5.82. The van der Waals surface area contributed by atoms with Crippen molar-refractivity contribution in [1.82, 2.24) is 0 Å². The largest absolute Gasteiger partial charge is 0.411 e. The van der Waals surface area contributed by atoms with Crippen LogP contribution in [0.3, 0.4) is 0 Å². The van der Waals surface area contributed by atoms with Gasteiger partial charge in [0.25, 0.3) is 0 Å². The molecule has 0 aromatic carbocycles. The molecule has 0 aromatic rings. The van der Waals surface area contributed by atoms with Gasteiger partial charge in [-0.15, -0.1) is 0 Å². The van der Waals surface area contributed by atoms with E-state index in [1.54, 1.807) is 7.11 Å². The van der Waals surface area contributed by atoms with Crippen molar-refractivity contribution in [1.29, 1.82) is 0 Å². The first kappa shape index (κ1) is 17.5. The first-order valence-electron chi connectivity index (χ1n) is 11.2. The standard InChI is InChI=1S/C24H31NO3/c1-3-23-10-8-17-16-7-5-15(25-26)12-14(16)4-6-18(17)22(23)19-13-20(19)24(23)11-9-21(27-2)28-24/h4,6,9,11-12,16-22,26H,3,5,7-8,10,13H2,1-2H3/b25-15+/t16-,17?,18?,19+,20-,21?,22?,23-,24-/m0/s1. The lowest BCUT2D eigenvalue weighted by atomic mass is 9.49. The van der Waals surface area contributed by atoms with Crippen LogP contribution in [-0.4, -0.2) is 29.9 Å². The zero-order chi connectivity index (χ0) is 19.1. The average Bonchev–Trinajstić information content (AvgIpc) is 3.36. The van der Waals surface area contributed by atoms with E-state index < -0.39 is 0 Å². The molecular weight excluding hydrogens is 350 g/mol. The summed E-state index contributed by atoms with van der Waals surface area (Å²) in [5.41, 5.74) is 2.38. The maximum Gasteiger partial charge on any atom is 0.177 e. The van der Waals surface area contributed by atoms with Gasteiger partial charge in [-0.1, -0.05) is 30.3 Å². The minimum atomic E-state index is -0.174. The fraction of sp³-hybridized carbons (Fsp3) is 0.708. The molecule has 1 spiro atoms. The number of methoxy groups -OCH3 is 1. The second-order valence-electron chi connectivity index (χ2n) is 9.94. The Morgan fingerprint density at radius 3 is 2.93 bits per heavy atom. The van der Waals surface area contributed by atoms with Gasteiger partial charge in [-0.25, -0.2) is 0 Å². The first-order chi connectivity index (χ1) is 13.7. The van der Waals surface area contributed by atoms with Crippen LogP contribution in [0.15, 0.2) is 41.1 Å². The molecule has 150 valence electrons. The second-order valence-corrected chi connectivity index (χ2v) is 9.94. The molecule has 1 heterocycles. The molecule has 4 nitrogen and oxygen atoms in total. The van der Waals surface area contributed by atoms with Crippen molar-refractivity contribution in [2.24, 2.45) is 46.1 Å². The van der Waals surface area contributed by atoms with Crippen LogP contribution in [0.1, 0.15) is 45.4 Å². The first-order valence-corrected chi connectivity index (χ1v) is 11.2. The van der Waals surface area contributed by atoms with Gasteiger partial charge < -0.3 is 14.7 Å². The number of rotatable bonds is 2. The number of oxime groups is 1. The van der Waals surface area contributed by atoms with Crippen molar-refractivity contribution in [2.75, 3.05) is 7.11 Å². The molecule has 5 aliphatic carbocycles. The molecular formula is C24H31NO3. The molecule has 9 atom stereocenters. The summed E-state index contributed by atoms with van der Waals surface area (Å²) in [4.78, 5) is 0. The van der Waals surface area contributed by atoms with Crippen LogP contribution < -0.4 is 0 Å². The summed E-state index contributed by atoms with van der Waals surface area (Å²) in [7, 11) is 1.76. The Hall–Kier alpha value is -1.39. The lowest BCUT2D eigenvalue weighted by Gasteiger charge is -2.57. The van der Waals surface area contributed by atoms with Gasteiger partial charge in [-0.2, -0.15) is 0 Å². The maximum atomic E-state index is 9.19. The molecule has 0 amide bonds. The molecule has 3 fully saturated rings. The van der Waals surface area contributed by atoms with Gasteiger partial charge in [0.2, 0.25) is 0 Å². The molecule has 28 heavy (non-hydrogen) atoms.